The van der Waals surface area contributed by atoms with Gasteiger partial charge in [-0.3, -0.25) is 0 Å². The van der Waals surface area contributed by atoms with Gasteiger partial charge in [0.05, 0.1) is 21.3 Å². The molecule has 3 aromatic carbocycles. The van der Waals surface area contributed by atoms with E-state index in [4.69, 9.17) is 14.2 Å². The SMILES string of the molecule is C=Cc1cc(OC)c(OC)cc1/C=C(\C)c1cc(-c2ccc(C)cc2)c(OC)cc1/C=C\C. The molecule has 0 atom stereocenters. The Morgan fingerprint density at radius 3 is 1.91 bits per heavy atom. The molecule has 0 unspecified atom stereocenters. The predicted octanol–water partition coefficient (Wildman–Crippen LogP) is 7.92. The maximum Gasteiger partial charge on any atom is 0.161 e. The molecule has 170 valence electrons. The van der Waals surface area contributed by atoms with Crippen molar-refractivity contribution in [2.24, 2.45) is 0 Å². The Kier molecular flexibility index (Phi) is 7.78. The summed E-state index contributed by atoms with van der Waals surface area (Å²) < 4.78 is 16.7. The van der Waals surface area contributed by atoms with Crippen molar-refractivity contribution in [3.63, 3.8) is 0 Å². The minimum atomic E-state index is 0.683. The number of aryl methyl sites for hydroxylation is 1. The van der Waals surface area contributed by atoms with Crippen molar-refractivity contribution in [3.05, 3.63) is 89.0 Å². The number of rotatable bonds is 8. The van der Waals surface area contributed by atoms with E-state index in [9.17, 15) is 0 Å². The van der Waals surface area contributed by atoms with Gasteiger partial charge in [0.25, 0.3) is 0 Å². The molecule has 0 radical (unpaired) electrons. The normalized spacial score (nSPS) is 11.5. The average Bonchev–Trinajstić information content (AvgIpc) is 2.84. The fourth-order valence-electron chi connectivity index (χ4n) is 3.91. The maximum atomic E-state index is 5.77. The number of benzene rings is 3. The second-order valence-electron chi connectivity index (χ2n) is 7.87. The van der Waals surface area contributed by atoms with E-state index in [-0.39, 0.29) is 0 Å². The molecule has 33 heavy (non-hydrogen) atoms. The Morgan fingerprint density at radius 2 is 1.36 bits per heavy atom. The minimum Gasteiger partial charge on any atom is -0.496 e. The van der Waals surface area contributed by atoms with Gasteiger partial charge in [-0.2, -0.15) is 0 Å². The summed E-state index contributed by atoms with van der Waals surface area (Å²) in [6, 6.07) is 16.8. The maximum absolute atomic E-state index is 5.77. The smallest absolute Gasteiger partial charge is 0.161 e. The van der Waals surface area contributed by atoms with Gasteiger partial charge in [0.15, 0.2) is 11.5 Å². The van der Waals surface area contributed by atoms with Crippen molar-refractivity contribution in [2.45, 2.75) is 20.8 Å². The van der Waals surface area contributed by atoms with Crippen LogP contribution < -0.4 is 14.2 Å². The van der Waals surface area contributed by atoms with Crippen LogP contribution in [0.2, 0.25) is 0 Å². The third-order valence-electron chi connectivity index (χ3n) is 5.69. The largest absolute Gasteiger partial charge is 0.496 e. The number of ether oxygens (including phenoxy) is 3. The Balaban J connectivity index is 2.22. The van der Waals surface area contributed by atoms with Crippen LogP contribution in [0.5, 0.6) is 17.2 Å². The summed E-state index contributed by atoms with van der Waals surface area (Å²) in [5, 5.41) is 0. The number of hydrogen-bond donors (Lipinski definition) is 0. The van der Waals surface area contributed by atoms with Crippen LogP contribution in [0.1, 0.15) is 41.7 Å². The van der Waals surface area contributed by atoms with Crippen LogP contribution in [-0.2, 0) is 0 Å². The summed E-state index contributed by atoms with van der Waals surface area (Å²) in [5.74, 6) is 2.22. The molecule has 0 amide bonds. The molecule has 0 aliphatic carbocycles. The molecule has 0 aromatic heterocycles. The van der Waals surface area contributed by atoms with Crippen molar-refractivity contribution in [1.82, 2.24) is 0 Å². The lowest BCUT2D eigenvalue weighted by atomic mass is 9.92. The van der Waals surface area contributed by atoms with Gasteiger partial charge in [0.1, 0.15) is 5.75 Å². The van der Waals surface area contributed by atoms with E-state index in [0.29, 0.717) is 11.5 Å². The van der Waals surface area contributed by atoms with E-state index in [0.717, 1.165) is 44.7 Å². The van der Waals surface area contributed by atoms with E-state index in [1.54, 1.807) is 21.3 Å². The Bertz CT molecular complexity index is 1200. The molecule has 0 heterocycles. The number of methoxy groups -OCH3 is 3. The molecule has 0 bridgehead atoms. The van der Waals surface area contributed by atoms with Crippen LogP contribution in [0.25, 0.3) is 34.9 Å². The zero-order valence-corrected chi connectivity index (χ0v) is 20.4. The molecule has 0 fully saturated rings. The molecule has 3 heteroatoms. The molecule has 0 saturated carbocycles. The fourth-order valence-corrected chi connectivity index (χ4v) is 3.91. The second-order valence-corrected chi connectivity index (χ2v) is 7.87. The van der Waals surface area contributed by atoms with Crippen LogP contribution in [0.4, 0.5) is 0 Å². The summed E-state index contributed by atoms with van der Waals surface area (Å²) in [6.45, 7) is 10.2. The fraction of sp³-hybridized carbons (Fsp3) is 0.200. The lowest BCUT2D eigenvalue weighted by Crippen LogP contribution is -1.95. The highest BCUT2D eigenvalue weighted by Gasteiger charge is 2.14. The predicted molar refractivity (Wildman–Crippen MR) is 141 cm³/mol. The summed E-state index contributed by atoms with van der Waals surface area (Å²) >= 11 is 0. The Hall–Kier alpha value is -3.72. The highest BCUT2D eigenvalue weighted by molar-refractivity contribution is 5.90. The molecular formula is C30H32O3. The number of allylic oxidation sites excluding steroid dienone is 2. The second kappa shape index (κ2) is 10.7. The summed E-state index contributed by atoms with van der Waals surface area (Å²) in [7, 11) is 5.00. The first-order chi connectivity index (χ1) is 15.9. The molecule has 3 rings (SSSR count). The molecule has 0 spiro atoms. The Labute approximate surface area is 197 Å². The van der Waals surface area contributed by atoms with Crippen LogP contribution in [-0.4, -0.2) is 21.3 Å². The summed E-state index contributed by atoms with van der Waals surface area (Å²) in [6.07, 6.45) is 8.15. The molecular weight excluding hydrogens is 408 g/mol. The van der Waals surface area contributed by atoms with Crippen molar-refractivity contribution in [3.8, 4) is 28.4 Å². The molecule has 3 aromatic rings. The quantitative estimate of drug-likeness (QED) is 0.333. The molecule has 0 aliphatic heterocycles. The molecule has 3 nitrogen and oxygen atoms in total. The van der Waals surface area contributed by atoms with Gasteiger partial charge in [0, 0.05) is 5.56 Å². The third kappa shape index (κ3) is 5.20. The van der Waals surface area contributed by atoms with E-state index in [1.165, 1.54) is 5.56 Å². The molecule has 0 aliphatic rings. The van der Waals surface area contributed by atoms with Gasteiger partial charge >= 0.3 is 0 Å². The lowest BCUT2D eigenvalue weighted by molar-refractivity contribution is 0.355. The average molecular weight is 441 g/mol. The number of hydrogen-bond acceptors (Lipinski definition) is 3. The van der Waals surface area contributed by atoms with Gasteiger partial charge in [-0.1, -0.05) is 60.7 Å². The van der Waals surface area contributed by atoms with Gasteiger partial charge in [-0.15, -0.1) is 0 Å². The van der Waals surface area contributed by atoms with Gasteiger partial charge < -0.3 is 14.2 Å². The molecule has 0 saturated heterocycles. The monoisotopic (exact) mass is 440 g/mol. The first-order valence-corrected chi connectivity index (χ1v) is 10.9. The van der Waals surface area contributed by atoms with E-state index in [2.05, 4.69) is 69.0 Å². The first kappa shape index (κ1) is 23.9. The van der Waals surface area contributed by atoms with Gasteiger partial charge in [-0.25, -0.2) is 0 Å². The van der Waals surface area contributed by atoms with Crippen molar-refractivity contribution in [1.29, 1.82) is 0 Å². The standard InChI is InChI=1S/C30H32O3/c1-8-10-24-17-28(31-5)27(23-13-11-20(3)12-14-23)19-26(24)21(4)15-25-18-30(33-7)29(32-6)16-22(25)9-2/h8-19H,2H2,1,3-7H3/b10-8-,21-15+. The highest BCUT2D eigenvalue weighted by atomic mass is 16.5. The topological polar surface area (TPSA) is 27.7 Å². The van der Waals surface area contributed by atoms with E-state index < -0.39 is 0 Å². The lowest BCUT2D eigenvalue weighted by Gasteiger charge is -2.16. The molecule has 0 N–H and O–H groups in total. The van der Waals surface area contributed by atoms with Gasteiger partial charge in [-0.05, 0) is 78.4 Å². The van der Waals surface area contributed by atoms with E-state index >= 15 is 0 Å². The minimum absolute atomic E-state index is 0.683. The third-order valence-corrected chi connectivity index (χ3v) is 5.69. The van der Waals surface area contributed by atoms with Crippen molar-refractivity contribution in [2.75, 3.05) is 21.3 Å². The first-order valence-electron chi connectivity index (χ1n) is 10.9. The van der Waals surface area contributed by atoms with Crippen LogP contribution >= 0.6 is 0 Å². The van der Waals surface area contributed by atoms with Gasteiger partial charge in [0.2, 0.25) is 0 Å². The zero-order valence-electron chi connectivity index (χ0n) is 20.4. The van der Waals surface area contributed by atoms with Crippen LogP contribution in [0.15, 0.2) is 61.2 Å². The van der Waals surface area contributed by atoms with Crippen LogP contribution in [0.3, 0.4) is 0 Å². The van der Waals surface area contributed by atoms with Crippen LogP contribution in [0, 0.1) is 6.92 Å². The van der Waals surface area contributed by atoms with E-state index in [1.807, 2.05) is 31.2 Å². The summed E-state index contributed by atoms with van der Waals surface area (Å²) in [4.78, 5) is 0. The van der Waals surface area contributed by atoms with Crippen molar-refractivity contribution < 1.29 is 14.2 Å². The van der Waals surface area contributed by atoms with Crippen molar-refractivity contribution >= 4 is 23.8 Å². The highest BCUT2D eigenvalue weighted by Crippen LogP contribution is 2.38. The zero-order chi connectivity index (χ0) is 24.0. The Morgan fingerprint density at radius 1 is 0.788 bits per heavy atom. The summed E-state index contributed by atoms with van der Waals surface area (Å²) in [5.41, 5.74) is 8.75.